The fourth-order valence-electron chi connectivity index (χ4n) is 19.8. The summed E-state index contributed by atoms with van der Waals surface area (Å²) >= 11 is 0. The van der Waals surface area contributed by atoms with Crippen LogP contribution in [0.4, 0.5) is 0 Å². The maximum absolute atomic E-state index is 5.11. The number of nitrogens with zero attached hydrogens (tertiary/aromatic N) is 12. The fraction of sp³-hybridized carbons (Fsp3) is 0. The van der Waals surface area contributed by atoms with Gasteiger partial charge in [0, 0.05) is 118 Å². The zero-order valence-electron chi connectivity index (χ0n) is 71.4. The van der Waals surface area contributed by atoms with Crippen molar-refractivity contribution in [2.75, 3.05) is 0 Å². The summed E-state index contributed by atoms with van der Waals surface area (Å²) in [5.41, 5.74) is 32.7. The van der Waals surface area contributed by atoms with Crippen LogP contribution in [0.25, 0.3) is 233 Å². The van der Waals surface area contributed by atoms with Crippen molar-refractivity contribution in [3.8, 4) is 102 Å². The van der Waals surface area contributed by atoms with Crippen molar-refractivity contribution < 1.29 is 0 Å². The van der Waals surface area contributed by atoms with Gasteiger partial charge in [-0.15, -0.1) is 0 Å². The number of benzene rings is 17. The topological polar surface area (TPSA) is 107 Å². The van der Waals surface area contributed by atoms with E-state index in [0.29, 0.717) is 17.6 Å². The summed E-state index contributed by atoms with van der Waals surface area (Å²) in [5, 5.41) is 11.9. The molecule has 0 amide bonds. The van der Waals surface area contributed by atoms with Crippen LogP contribution in [0.15, 0.2) is 474 Å². The molecule has 618 valence electrons. The second-order valence-electron chi connectivity index (χ2n) is 33.4. The van der Waals surface area contributed by atoms with Gasteiger partial charge in [0.05, 0.1) is 77.2 Å². The lowest BCUT2D eigenvalue weighted by Crippen LogP contribution is -2.06. The highest BCUT2D eigenvalue weighted by Crippen LogP contribution is 2.44. The Bertz CT molecular complexity index is 9060. The molecular formula is C120H78N12. The lowest BCUT2D eigenvalue weighted by atomic mass is 10.0. The summed E-state index contributed by atoms with van der Waals surface area (Å²) in [5.74, 6) is 1.84. The third kappa shape index (κ3) is 13.1. The zero-order valence-corrected chi connectivity index (χ0v) is 71.4. The summed E-state index contributed by atoms with van der Waals surface area (Å²) < 4.78 is 13.9. The molecule has 27 rings (SSSR count). The largest absolute Gasteiger partial charge is 0.309 e. The van der Waals surface area contributed by atoms with Gasteiger partial charge in [-0.3, -0.25) is 19.5 Å². The molecular weight excluding hydrogens is 1610 g/mol. The fourth-order valence-corrected chi connectivity index (χ4v) is 19.8. The van der Waals surface area contributed by atoms with E-state index in [2.05, 4.69) is 409 Å². The number of fused-ring (bicyclic) bond motifs is 18. The number of para-hydroxylation sites is 7. The molecule has 0 saturated heterocycles. The van der Waals surface area contributed by atoms with Crippen molar-refractivity contribution in [2.45, 2.75) is 0 Å². The van der Waals surface area contributed by atoms with Gasteiger partial charge in [0.1, 0.15) is 0 Å². The highest BCUT2D eigenvalue weighted by Gasteiger charge is 2.24. The second kappa shape index (κ2) is 32.1. The molecule has 10 heterocycles. The van der Waals surface area contributed by atoms with Crippen LogP contribution in [-0.4, -0.2) is 57.3 Å². The average Bonchev–Trinajstić information content (AvgIpc) is 1.59. The van der Waals surface area contributed by atoms with Gasteiger partial charge in [0.25, 0.3) is 0 Å². The lowest BCUT2D eigenvalue weighted by Gasteiger charge is -2.11. The van der Waals surface area contributed by atoms with Crippen molar-refractivity contribution in [3.63, 3.8) is 0 Å². The van der Waals surface area contributed by atoms with Crippen LogP contribution in [0.2, 0.25) is 0 Å². The molecule has 0 fully saturated rings. The Balaban J connectivity index is 0.000000107. The van der Waals surface area contributed by atoms with Crippen LogP contribution in [0.3, 0.4) is 0 Å². The van der Waals surface area contributed by atoms with Crippen molar-refractivity contribution in [1.29, 1.82) is 0 Å². The smallest absolute Gasteiger partial charge is 0.238 e. The molecule has 0 saturated carbocycles. The van der Waals surface area contributed by atoms with E-state index < -0.39 is 0 Å². The first kappa shape index (κ1) is 76.4. The van der Waals surface area contributed by atoms with E-state index in [4.69, 9.17) is 24.9 Å². The second-order valence-corrected chi connectivity index (χ2v) is 33.4. The van der Waals surface area contributed by atoms with E-state index in [0.717, 1.165) is 132 Å². The van der Waals surface area contributed by atoms with Crippen LogP contribution >= 0.6 is 0 Å². The Kier molecular flexibility index (Phi) is 18.6. The monoisotopic (exact) mass is 1690 g/mol. The van der Waals surface area contributed by atoms with Crippen molar-refractivity contribution >= 4 is 131 Å². The molecule has 0 aliphatic rings. The molecule has 0 radical (unpaired) electrons. The van der Waals surface area contributed by atoms with Crippen molar-refractivity contribution in [1.82, 2.24) is 57.3 Å². The van der Waals surface area contributed by atoms with E-state index >= 15 is 0 Å². The number of hydrogen-bond donors (Lipinski definition) is 0. The molecule has 27 aromatic rings. The molecule has 0 aliphatic carbocycles. The molecule has 132 heavy (non-hydrogen) atoms. The Labute approximate surface area is 758 Å². The minimum absolute atomic E-state index is 0.577. The third-order valence-electron chi connectivity index (χ3n) is 25.8. The van der Waals surface area contributed by atoms with Gasteiger partial charge in [-0.1, -0.05) is 285 Å². The number of rotatable bonds is 12. The van der Waals surface area contributed by atoms with Gasteiger partial charge in [-0.2, -0.15) is 9.97 Å². The van der Waals surface area contributed by atoms with Crippen molar-refractivity contribution in [3.05, 3.63) is 474 Å². The molecule has 0 bridgehead atoms. The zero-order chi connectivity index (χ0) is 87.1. The molecule has 10 aromatic heterocycles. The van der Waals surface area contributed by atoms with E-state index in [9.17, 15) is 0 Å². The average molecular weight is 1690 g/mol. The van der Waals surface area contributed by atoms with E-state index in [1.54, 1.807) is 0 Å². The van der Waals surface area contributed by atoms with Gasteiger partial charge in [-0.05, 0) is 208 Å². The summed E-state index contributed by atoms with van der Waals surface area (Å²) in [4.78, 5) is 29.3. The number of hydrogen-bond acceptors (Lipinski definition) is 6. The predicted molar refractivity (Wildman–Crippen MR) is 545 cm³/mol. The summed E-state index contributed by atoms with van der Waals surface area (Å²) in [6, 6.07) is 159. The highest BCUT2D eigenvalue weighted by atomic mass is 15.2. The maximum atomic E-state index is 5.11. The Morgan fingerprint density at radius 2 is 0.432 bits per heavy atom. The molecule has 12 heteroatoms. The van der Waals surface area contributed by atoms with Crippen LogP contribution < -0.4 is 0 Å². The Morgan fingerprint density at radius 1 is 0.152 bits per heavy atom. The van der Waals surface area contributed by atoms with E-state index in [1.807, 2.05) is 97.6 Å². The van der Waals surface area contributed by atoms with Gasteiger partial charge in [0.2, 0.25) is 5.95 Å². The van der Waals surface area contributed by atoms with E-state index in [-0.39, 0.29) is 0 Å². The summed E-state index contributed by atoms with van der Waals surface area (Å²) in [7, 11) is 0. The minimum atomic E-state index is 0.577. The first-order chi connectivity index (χ1) is 65.5. The van der Waals surface area contributed by atoms with Gasteiger partial charge in [0.15, 0.2) is 11.6 Å². The molecule has 17 aromatic carbocycles. The predicted octanol–water partition coefficient (Wildman–Crippen LogP) is 30.0. The maximum Gasteiger partial charge on any atom is 0.238 e. The standard InChI is InChI=1S/C44H28N6.C41H27N3.C35H23N3/c1-4-12-29(13-5-1)42-46-43(30-14-6-2-7-15-30)48-44(47-42)50-38-19-11-10-18-34(38)35-22-20-32(27-41(35)50)31-21-23-39-36(26-31)37-28-45-25-24-40(37)49(39)33-16-8-3-9-17-33;1-3-10-28(11-4-1)29-17-21-33(22-18-29)43-38-24-20-30(26-36(38)41-39(43)16-9-25-42-41)31-19-23-35-34-14-7-8-15-37(34)44(40(35)27-31)32-12-5-2-6-13-32;1-3-10-26(11-4-1)37-32-20-18-24(22-30(32)35-33(37)16-9-21-36-35)25-17-19-29-28-14-7-8-15-31(28)38(34(29)23-25)27-12-5-2-6-13-27/h1-28H;1-27H;1-23H. The van der Waals surface area contributed by atoms with Gasteiger partial charge >= 0.3 is 0 Å². The number of pyridine rings is 3. The molecule has 0 atom stereocenters. The Morgan fingerprint density at radius 3 is 0.856 bits per heavy atom. The summed E-state index contributed by atoms with van der Waals surface area (Å²) in [6.07, 6.45) is 7.61. The minimum Gasteiger partial charge on any atom is -0.309 e. The quantitative estimate of drug-likeness (QED) is 0.121. The third-order valence-corrected chi connectivity index (χ3v) is 25.8. The van der Waals surface area contributed by atoms with Crippen molar-refractivity contribution in [2.24, 2.45) is 0 Å². The molecule has 12 nitrogen and oxygen atoms in total. The highest BCUT2D eigenvalue weighted by molar-refractivity contribution is 6.16. The van der Waals surface area contributed by atoms with Gasteiger partial charge in [-0.25, -0.2) is 4.98 Å². The molecule has 0 unspecified atom stereocenters. The normalized spacial score (nSPS) is 11.6. The van der Waals surface area contributed by atoms with Crippen LogP contribution in [-0.2, 0) is 0 Å². The van der Waals surface area contributed by atoms with Gasteiger partial charge < -0.3 is 22.8 Å². The molecule has 0 spiro atoms. The first-order valence-electron chi connectivity index (χ1n) is 44.5. The SMILES string of the molecule is c1ccc(-c2ccc(-n3c4ccc(-c5ccc6c7ccccc7n(-c7ccccc7)c6c5)cc4c4ncccc43)cc2)cc1.c1ccc(-c2nc(-c3ccccc3)nc(-n3c4ccccc4c4ccc(-c5ccc6c(c5)c5cnccc5n6-c5ccccc5)cc43)n2)cc1.c1ccc(-n2c3ccccc3c3ccc(-c4ccc5c(c4)c4ncccc4n5-c4ccccc4)cc32)cc1. The van der Waals surface area contributed by atoms with Crippen LogP contribution in [0.1, 0.15) is 0 Å². The van der Waals surface area contributed by atoms with E-state index in [1.165, 1.54) is 82.7 Å². The molecule has 0 aliphatic heterocycles. The first-order valence-corrected chi connectivity index (χ1v) is 44.5. The van der Waals surface area contributed by atoms with Crippen LogP contribution in [0.5, 0.6) is 0 Å². The molecule has 0 N–H and O–H groups in total. The van der Waals surface area contributed by atoms with Crippen LogP contribution in [0, 0.1) is 0 Å². The summed E-state index contributed by atoms with van der Waals surface area (Å²) in [6.45, 7) is 0. The lowest BCUT2D eigenvalue weighted by molar-refractivity contribution is 0.953. The Hall–Kier alpha value is -18.0. The number of aromatic nitrogens is 12.